The summed E-state index contributed by atoms with van der Waals surface area (Å²) in [6, 6.07) is 5.49. The summed E-state index contributed by atoms with van der Waals surface area (Å²) in [5.41, 5.74) is 2.31. The van der Waals surface area contributed by atoms with Crippen molar-refractivity contribution in [3.8, 4) is 11.8 Å². The van der Waals surface area contributed by atoms with Gasteiger partial charge in [-0.25, -0.2) is 0 Å². The predicted molar refractivity (Wildman–Crippen MR) is 80.8 cm³/mol. The molecule has 0 heterocycles. The zero-order chi connectivity index (χ0) is 15.4. The molecular weight excluding hydrogens is 266 g/mol. The molecule has 1 aliphatic rings. The smallest absolute Gasteiger partial charge is 0.253 e. The molecule has 1 amide bonds. The Balaban J connectivity index is 2.08. The number of hydrogen-bond donors (Lipinski definition) is 2. The molecule has 4 heteroatoms. The molecule has 0 saturated heterocycles. The summed E-state index contributed by atoms with van der Waals surface area (Å²) in [4.78, 5) is 14.1. The average molecular weight is 287 g/mol. The van der Waals surface area contributed by atoms with Gasteiger partial charge in [-0.3, -0.25) is 4.79 Å². The van der Waals surface area contributed by atoms with Crippen LogP contribution in [-0.4, -0.2) is 47.3 Å². The molecule has 4 nitrogen and oxygen atoms in total. The first-order valence-electron chi connectivity index (χ1n) is 7.14. The van der Waals surface area contributed by atoms with Crippen molar-refractivity contribution in [2.24, 2.45) is 5.92 Å². The van der Waals surface area contributed by atoms with Crippen LogP contribution in [0.2, 0.25) is 0 Å². The van der Waals surface area contributed by atoms with Crippen molar-refractivity contribution >= 4 is 5.91 Å². The van der Waals surface area contributed by atoms with E-state index in [4.69, 9.17) is 5.11 Å². The van der Waals surface area contributed by atoms with Gasteiger partial charge < -0.3 is 15.1 Å². The topological polar surface area (TPSA) is 60.8 Å². The highest BCUT2D eigenvalue weighted by Crippen LogP contribution is 2.28. The largest absolute Gasteiger partial charge is 0.393 e. The van der Waals surface area contributed by atoms with Crippen molar-refractivity contribution < 1.29 is 15.0 Å². The number of carbonyl (C=O) groups excluding carboxylic acids is 1. The Labute approximate surface area is 125 Å². The van der Waals surface area contributed by atoms with E-state index in [0.29, 0.717) is 18.0 Å². The second-order valence-electron chi connectivity index (χ2n) is 5.72. The Hall–Kier alpha value is -1.83. The molecule has 112 valence electrons. The van der Waals surface area contributed by atoms with Gasteiger partial charge in [0.25, 0.3) is 5.91 Å². The minimum absolute atomic E-state index is 0.0351. The predicted octanol–water partition coefficient (Wildman–Crippen LogP) is 1.18. The Morgan fingerprint density at radius 3 is 2.71 bits per heavy atom. The number of nitrogens with zero attached hydrogens (tertiary/aromatic N) is 1. The standard InChI is InChI=1S/C17H21NO3/c1-12-6-13(4-3-5-19)8-15(7-12)17(21)18(2)11-14-9-16(20)10-14/h6-8,14,16,19-20H,5,9-11H2,1-2H3. The summed E-state index contributed by atoms with van der Waals surface area (Å²) >= 11 is 0. The van der Waals surface area contributed by atoms with Crippen molar-refractivity contribution in [3.05, 3.63) is 34.9 Å². The minimum Gasteiger partial charge on any atom is -0.393 e. The van der Waals surface area contributed by atoms with Gasteiger partial charge in [-0.15, -0.1) is 0 Å². The monoisotopic (exact) mass is 287 g/mol. The Bertz CT molecular complexity index is 579. The van der Waals surface area contributed by atoms with Crippen molar-refractivity contribution in [1.82, 2.24) is 4.90 Å². The van der Waals surface area contributed by atoms with Crippen LogP contribution in [0.3, 0.4) is 0 Å². The first kappa shape index (κ1) is 15.6. The molecular formula is C17H21NO3. The molecule has 2 N–H and O–H groups in total. The first-order valence-corrected chi connectivity index (χ1v) is 7.14. The fraction of sp³-hybridized carbons (Fsp3) is 0.471. The fourth-order valence-corrected chi connectivity index (χ4v) is 2.66. The quantitative estimate of drug-likeness (QED) is 0.821. The molecule has 21 heavy (non-hydrogen) atoms. The highest BCUT2D eigenvalue weighted by atomic mass is 16.3. The molecule has 1 aliphatic carbocycles. The summed E-state index contributed by atoms with van der Waals surface area (Å²) in [5.74, 6) is 5.79. The number of carbonyl (C=O) groups is 1. The second-order valence-corrected chi connectivity index (χ2v) is 5.72. The summed E-state index contributed by atoms with van der Waals surface area (Å²) in [6.45, 7) is 2.39. The number of benzene rings is 1. The van der Waals surface area contributed by atoms with Crippen LogP contribution in [-0.2, 0) is 0 Å². The second kappa shape index (κ2) is 6.75. The lowest BCUT2D eigenvalue weighted by Crippen LogP contribution is -2.39. The van der Waals surface area contributed by atoms with Gasteiger partial charge in [0.05, 0.1) is 6.10 Å². The average Bonchev–Trinajstić information content (AvgIpc) is 2.42. The maximum absolute atomic E-state index is 12.4. The third-order valence-electron chi connectivity index (χ3n) is 3.73. The van der Waals surface area contributed by atoms with Gasteiger partial charge in [0.1, 0.15) is 6.61 Å². The fourth-order valence-electron chi connectivity index (χ4n) is 2.66. The van der Waals surface area contributed by atoms with Gasteiger partial charge in [0.15, 0.2) is 0 Å². The van der Waals surface area contributed by atoms with E-state index in [2.05, 4.69) is 11.8 Å². The number of aliphatic hydroxyl groups excluding tert-OH is 2. The van der Waals surface area contributed by atoms with Crippen LogP contribution in [0, 0.1) is 24.7 Å². The zero-order valence-corrected chi connectivity index (χ0v) is 12.5. The van der Waals surface area contributed by atoms with Gasteiger partial charge in [0.2, 0.25) is 0 Å². The number of rotatable bonds is 3. The third kappa shape index (κ3) is 4.07. The molecule has 1 aromatic rings. The molecule has 0 atom stereocenters. The van der Waals surface area contributed by atoms with Crippen LogP contribution in [0.25, 0.3) is 0 Å². The van der Waals surface area contributed by atoms with E-state index in [1.807, 2.05) is 19.1 Å². The van der Waals surface area contributed by atoms with Crippen LogP contribution in [0.4, 0.5) is 0 Å². The minimum atomic E-state index is -0.196. The number of aliphatic hydroxyl groups is 2. The number of aryl methyl sites for hydroxylation is 1. The summed E-state index contributed by atoms with van der Waals surface area (Å²) in [5, 5.41) is 18.1. The summed E-state index contributed by atoms with van der Waals surface area (Å²) in [6.07, 6.45) is 1.36. The van der Waals surface area contributed by atoms with Crippen LogP contribution >= 0.6 is 0 Å². The number of amides is 1. The van der Waals surface area contributed by atoms with E-state index in [-0.39, 0.29) is 18.6 Å². The molecule has 0 radical (unpaired) electrons. The van der Waals surface area contributed by atoms with E-state index in [9.17, 15) is 9.90 Å². The van der Waals surface area contributed by atoms with E-state index in [1.165, 1.54) is 0 Å². The van der Waals surface area contributed by atoms with Crippen LogP contribution in [0.15, 0.2) is 18.2 Å². The van der Waals surface area contributed by atoms with Crippen LogP contribution in [0.1, 0.15) is 34.3 Å². The van der Waals surface area contributed by atoms with Crippen LogP contribution < -0.4 is 0 Å². The Kier molecular flexibility index (Phi) is 5.00. The van der Waals surface area contributed by atoms with Crippen molar-refractivity contribution in [3.63, 3.8) is 0 Å². The lowest BCUT2D eigenvalue weighted by Gasteiger charge is -2.34. The Morgan fingerprint density at radius 2 is 2.10 bits per heavy atom. The Morgan fingerprint density at radius 1 is 1.38 bits per heavy atom. The van der Waals surface area contributed by atoms with Crippen molar-refractivity contribution in [2.75, 3.05) is 20.2 Å². The van der Waals surface area contributed by atoms with Crippen molar-refractivity contribution in [2.45, 2.75) is 25.9 Å². The van der Waals surface area contributed by atoms with Gasteiger partial charge in [-0.1, -0.05) is 11.8 Å². The lowest BCUT2D eigenvalue weighted by molar-refractivity contribution is 0.0265. The molecule has 1 aromatic carbocycles. The summed E-state index contributed by atoms with van der Waals surface area (Å²) < 4.78 is 0. The highest BCUT2D eigenvalue weighted by Gasteiger charge is 2.29. The maximum Gasteiger partial charge on any atom is 0.253 e. The van der Waals surface area contributed by atoms with E-state index in [1.54, 1.807) is 18.0 Å². The van der Waals surface area contributed by atoms with E-state index >= 15 is 0 Å². The van der Waals surface area contributed by atoms with E-state index in [0.717, 1.165) is 24.0 Å². The first-order chi connectivity index (χ1) is 9.99. The molecule has 0 aliphatic heterocycles. The van der Waals surface area contributed by atoms with Crippen LogP contribution in [0.5, 0.6) is 0 Å². The molecule has 0 unspecified atom stereocenters. The SMILES string of the molecule is Cc1cc(C#CCO)cc(C(=O)N(C)CC2CC(O)C2)c1. The molecule has 1 saturated carbocycles. The zero-order valence-electron chi connectivity index (χ0n) is 12.5. The lowest BCUT2D eigenvalue weighted by atomic mass is 9.82. The molecule has 0 spiro atoms. The number of hydrogen-bond acceptors (Lipinski definition) is 3. The van der Waals surface area contributed by atoms with Gasteiger partial charge in [-0.05, 0) is 49.4 Å². The van der Waals surface area contributed by atoms with Gasteiger partial charge in [0, 0.05) is 24.7 Å². The summed E-state index contributed by atoms with van der Waals surface area (Å²) in [7, 11) is 1.79. The molecule has 2 rings (SSSR count). The van der Waals surface area contributed by atoms with Gasteiger partial charge in [-0.2, -0.15) is 0 Å². The van der Waals surface area contributed by atoms with E-state index < -0.39 is 0 Å². The normalized spacial score (nSPS) is 20.2. The maximum atomic E-state index is 12.4. The van der Waals surface area contributed by atoms with Crippen molar-refractivity contribution in [1.29, 1.82) is 0 Å². The molecule has 0 aromatic heterocycles. The highest BCUT2D eigenvalue weighted by molar-refractivity contribution is 5.94. The molecule has 0 bridgehead atoms. The van der Waals surface area contributed by atoms with Gasteiger partial charge >= 0.3 is 0 Å². The third-order valence-corrected chi connectivity index (χ3v) is 3.73. The molecule has 1 fully saturated rings.